The highest BCUT2D eigenvalue weighted by Crippen LogP contribution is 2.31. The van der Waals surface area contributed by atoms with Crippen LogP contribution in [0.1, 0.15) is 35.6 Å². The number of primary amides is 1. The van der Waals surface area contributed by atoms with Crippen LogP contribution in [0.2, 0.25) is 0 Å². The molecule has 17 heavy (non-hydrogen) atoms. The SMILES string of the molecule is Cc1cccc(C2NCCCC2C(N)=O)c1C. The maximum absolute atomic E-state index is 11.5. The molecule has 1 aliphatic rings. The molecular formula is C14H20N2O. The van der Waals surface area contributed by atoms with Crippen LogP contribution in [0.25, 0.3) is 0 Å². The number of nitrogens with two attached hydrogens (primary N) is 1. The summed E-state index contributed by atoms with van der Waals surface area (Å²) in [6.07, 6.45) is 1.91. The smallest absolute Gasteiger partial charge is 0.222 e. The highest BCUT2D eigenvalue weighted by Gasteiger charge is 2.31. The van der Waals surface area contributed by atoms with E-state index < -0.39 is 0 Å². The van der Waals surface area contributed by atoms with E-state index in [-0.39, 0.29) is 17.9 Å². The fraction of sp³-hybridized carbons (Fsp3) is 0.500. The Hall–Kier alpha value is -1.35. The molecule has 1 aliphatic heterocycles. The number of hydrogen-bond acceptors (Lipinski definition) is 2. The first-order chi connectivity index (χ1) is 8.11. The first-order valence-corrected chi connectivity index (χ1v) is 6.20. The van der Waals surface area contributed by atoms with Crippen LogP contribution < -0.4 is 11.1 Å². The fourth-order valence-corrected chi connectivity index (χ4v) is 2.63. The molecule has 1 amide bonds. The maximum Gasteiger partial charge on any atom is 0.222 e. The monoisotopic (exact) mass is 232 g/mol. The van der Waals surface area contributed by atoms with Crippen LogP contribution in [-0.4, -0.2) is 12.5 Å². The van der Waals surface area contributed by atoms with E-state index in [1.54, 1.807) is 0 Å². The van der Waals surface area contributed by atoms with Crippen molar-refractivity contribution in [2.24, 2.45) is 11.7 Å². The van der Waals surface area contributed by atoms with Crippen LogP contribution in [0.15, 0.2) is 18.2 Å². The molecule has 1 aromatic rings. The molecule has 3 N–H and O–H groups in total. The number of hydrogen-bond donors (Lipinski definition) is 2. The van der Waals surface area contributed by atoms with Crippen LogP contribution in [0.5, 0.6) is 0 Å². The Morgan fingerprint density at radius 3 is 2.88 bits per heavy atom. The number of piperidine rings is 1. The lowest BCUT2D eigenvalue weighted by Crippen LogP contribution is -2.41. The Kier molecular flexibility index (Phi) is 3.48. The third-order valence-corrected chi connectivity index (χ3v) is 3.81. The third-order valence-electron chi connectivity index (χ3n) is 3.81. The molecule has 0 radical (unpaired) electrons. The van der Waals surface area contributed by atoms with E-state index in [4.69, 9.17) is 5.73 Å². The van der Waals surface area contributed by atoms with Gasteiger partial charge in [0.15, 0.2) is 0 Å². The summed E-state index contributed by atoms with van der Waals surface area (Å²) >= 11 is 0. The van der Waals surface area contributed by atoms with Gasteiger partial charge in [0.25, 0.3) is 0 Å². The molecule has 2 rings (SSSR count). The molecule has 0 spiro atoms. The fourth-order valence-electron chi connectivity index (χ4n) is 2.63. The molecule has 1 fully saturated rings. The molecule has 1 aromatic carbocycles. The summed E-state index contributed by atoms with van der Waals surface area (Å²) in [7, 11) is 0. The summed E-state index contributed by atoms with van der Waals surface area (Å²) in [5, 5.41) is 3.43. The predicted molar refractivity (Wildman–Crippen MR) is 68.6 cm³/mol. The van der Waals surface area contributed by atoms with Gasteiger partial charge >= 0.3 is 0 Å². The quantitative estimate of drug-likeness (QED) is 0.817. The number of rotatable bonds is 2. The van der Waals surface area contributed by atoms with Crippen molar-refractivity contribution in [3.8, 4) is 0 Å². The average molecular weight is 232 g/mol. The van der Waals surface area contributed by atoms with E-state index in [2.05, 4.69) is 31.3 Å². The lowest BCUT2D eigenvalue weighted by atomic mass is 9.83. The van der Waals surface area contributed by atoms with Crippen LogP contribution in [-0.2, 0) is 4.79 Å². The molecular weight excluding hydrogens is 212 g/mol. The molecule has 0 aliphatic carbocycles. The van der Waals surface area contributed by atoms with Crippen molar-refractivity contribution in [3.05, 3.63) is 34.9 Å². The molecule has 0 aromatic heterocycles. The Labute approximate surface area is 102 Å². The van der Waals surface area contributed by atoms with E-state index >= 15 is 0 Å². The van der Waals surface area contributed by atoms with Gasteiger partial charge in [-0.05, 0) is 49.9 Å². The van der Waals surface area contributed by atoms with Crippen molar-refractivity contribution in [3.63, 3.8) is 0 Å². The zero-order chi connectivity index (χ0) is 12.4. The highest BCUT2D eigenvalue weighted by atomic mass is 16.1. The van der Waals surface area contributed by atoms with Gasteiger partial charge in [-0.1, -0.05) is 18.2 Å². The van der Waals surface area contributed by atoms with Gasteiger partial charge in [-0.25, -0.2) is 0 Å². The first-order valence-electron chi connectivity index (χ1n) is 6.20. The summed E-state index contributed by atoms with van der Waals surface area (Å²) in [6, 6.07) is 6.33. The summed E-state index contributed by atoms with van der Waals surface area (Å²) in [5.74, 6) is -0.271. The largest absolute Gasteiger partial charge is 0.369 e. The minimum absolute atomic E-state index is 0.0794. The Bertz CT molecular complexity index is 428. The molecule has 2 unspecified atom stereocenters. The number of carbonyl (C=O) groups is 1. The third kappa shape index (κ3) is 2.34. The van der Waals surface area contributed by atoms with Crippen molar-refractivity contribution in [2.75, 3.05) is 6.54 Å². The zero-order valence-corrected chi connectivity index (χ0v) is 10.5. The summed E-state index contributed by atoms with van der Waals surface area (Å²) in [6.45, 7) is 5.17. The average Bonchev–Trinajstić information content (AvgIpc) is 2.33. The van der Waals surface area contributed by atoms with E-state index in [0.717, 1.165) is 19.4 Å². The van der Waals surface area contributed by atoms with Gasteiger partial charge < -0.3 is 11.1 Å². The van der Waals surface area contributed by atoms with Crippen LogP contribution in [0.4, 0.5) is 0 Å². The minimum Gasteiger partial charge on any atom is -0.369 e. The van der Waals surface area contributed by atoms with E-state index in [1.165, 1.54) is 16.7 Å². The molecule has 1 heterocycles. The van der Waals surface area contributed by atoms with Gasteiger partial charge in [-0.3, -0.25) is 4.79 Å². The van der Waals surface area contributed by atoms with Crippen molar-refractivity contribution < 1.29 is 4.79 Å². The molecule has 3 nitrogen and oxygen atoms in total. The minimum atomic E-state index is -0.192. The van der Waals surface area contributed by atoms with E-state index in [1.807, 2.05) is 6.07 Å². The van der Waals surface area contributed by atoms with Crippen molar-refractivity contribution in [1.29, 1.82) is 0 Å². The molecule has 0 bridgehead atoms. The number of amides is 1. The van der Waals surface area contributed by atoms with Crippen molar-refractivity contribution >= 4 is 5.91 Å². The van der Waals surface area contributed by atoms with Gasteiger partial charge in [0.1, 0.15) is 0 Å². The summed E-state index contributed by atoms with van der Waals surface area (Å²) in [5.41, 5.74) is 9.24. The summed E-state index contributed by atoms with van der Waals surface area (Å²) in [4.78, 5) is 11.5. The Balaban J connectivity index is 2.36. The zero-order valence-electron chi connectivity index (χ0n) is 10.5. The second-order valence-corrected chi connectivity index (χ2v) is 4.87. The van der Waals surface area contributed by atoms with Gasteiger partial charge in [0.05, 0.1) is 5.92 Å². The number of nitrogens with one attached hydrogen (secondary N) is 1. The van der Waals surface area contributed by atoms with Crippen LogP contribution >= 0.6 is 0 Å². The number of aryl methyl sites for hydroxylation is 1. The van der Waals surface area contributed by atoms with Gasteiger partial charge in [0, 0.05) is 6.04 Å². The number of benzene rings is 1. The van der Waals surface area contributed by atoms with Crippen LogP contribution in [0.3, 0.4) is 0 Å². The first kappa shape index (κ1) is 12.1. The standard InChI is InChI=1S/C14H20N2O/c1-9-5-3-6-11(10(9)2)13-12(14(15)17)7-4-8-16-13/h3,5-6,12-13,16H,4,7-8H2,1-2H3,(H2,15,17). The maximum atomic E-state index is 11.5. The molecule has 0 saturated carbocycles. The lowest BCUT2D eigenvalue weighted by molar-refractivity contribution is -0.123. The Morgan fingerprint density at radius 1 is 1.41 bits per heavy atom. The van der Waals surface area contributed by atoms with Gasteiger partial charge in [-0.2, -0.15) is 0 Å². The van der Waals surface area contributed by atoms with Crippen LogP contribution in [0, 0.1) is 19.8 Å². The van der Waals surface area contributed by atoms with E-state index in [0.29, 0.717) is 0 Å². The van der Waals surface area contributed by atoms with Crippen molar-refractivity contribution in [2.45, 2.75) is 32.7 Å². The van der Waals surface area contributed by atoms with Gasteiger partial charge in [0.2, 0.25) is 5.91 Å². The highest BCUT2D eigenvalue weighted by molar-refractivity contribution is 5.78. The molecule has 1 saturated heterocycles. The second kappa shape index (κ2) is 4.88. The number of carbonyl (C=O) groups excluding carboxylic acids is 1. The van der Waals surface area contributed by atoms with Crippen molar-refractivity contribution in [1.82, 2.24) is 5.32 Å². The normalized spacial score (nSPS) is 24.6. The Morgan fingerprint density at radius 2 is 2.18 bits per heavy atom. The topological polar surface area (TPSA) is 55.1 Å². The van der Waals surface area contributed by atoms with E-state index in [9.17, 15) is 4.79 Å². The predicted octanol–water partition coefficient (Wildman–Crippen LogP) is 1.83. The lowest BCUT2D eigenvalue weighted by Gasteiger charge is -2.32. The molecule has 3 heteroatoms. The molecule has 2 atom stereocenters. The molecule has 92 valence electrons. The van der Waals surface area contributed by atoms with Gasteiger partial charge in [-0.15, -0.1) is 0 Å². The summed E-state index contributed by atoms with van der Waals surface area (Å²) < 4.78 is 0. The second-order valence-electron chi connectivity index (χ2n) is 4.87.